The fraction of sp³-hybridized carbons (Fsp3) is 0.611. The summed E-state index contributed by atoms with van der Waals surface area (Å²) in [5, 5.41) is 3.00. The molecule has 3 aliphatic rings. The minimum atomic E-state index is 0.0428. The van der Waals surface area contributed by atoms with Crippen molar-refractivity contribution in [1.29, 1.82) is 0 Å². The van der Waals surface area contributed by atoms with E-state index in [9.17, 15) is 4.79 Å². The molecular formula is C18H25N3O. The lowest BCUT2D eigenvalue weighted by molar-refractivity contribution is 0.0722. The number of urea groups is 1. The standard InChI is InChI=1S/C18H25N3O/c1-13-4-2-7-16(8-13)19-18(22)21-11-17(12-21)20-9-14-5-3-6-15(14)10-20/h2,4,7-8,14-15,17H,3,5-6,9-12H2,1H3,(H,19,22). The molecule has 1 N–H and O–H groups in total. The van der Waals surface area contributed by atoms with Crippen molar-refractivity contribution in [1.82, 2.24) is 9.80 Å². The average molecular weight is 299 g/mol. The Bertz CT molecular complexity index is 555. The third-order valence-electron chi connectivity index (χ3n) is 5.69. The molecule has 22 heavy (non-hydrogen) atoms. The van der Waals surface area contributed by atoms with Gasteiger partial charge in [-0.3, -0.25) is 4.90 Å². The molecule has 1 aliphatic carbocycles. The zero-order valence-electron chi connectivity index (χ0n) is 13.3. The van der Waals surface area contributed by atoms with Crippen molar-refractivity contribution in [3.8, 4) is 0 Å². The number of likely N-dealkylation sites (tertiary alicyclic amines) is 2. The largest absolute Gasteiger partial charge is 0.321 e. The lowest BCUT2D eigenvalue weighted by atomic mass is 10.0. The van der Waals surface area contributed by atoms with E-state index < -0.39 is 0 Å². The molecular weight excluding hydrogens is 274 g/mol. The van der Waals surface area contributed by atoms with Crippen LogP contribution in [0.3, 0.4) is 0 Å². The third kappa shape index (κ3) is 2.60. The fourth-order valence-electron chi connectivity index (χ4n) is 4.35. The number of hydrogen-bond donors (Lipinski definition) is 1. The second kappa shape index (κ2) is 5.58. The molecule has 0 spiro atoms. The Morgan fingerprint density at radius 1 is 1.14 bits per heavy atom. The van der Waals surface area contributed by atoms with Crippen molar-refractivity contribution < 1.29 is 4.79 Å². The summed E-state index contributed by atoms with van der Waals surface area (Å²) in [6.45, 7) is 6.35. The normalized spacial score (nSPS) is 28.5. The SMILES string of the molecule is Cc1cccc(NC(=O)N2CC(N3CC4CCCC4C3)C2)c1. The van der Waals surface area contributed by atoms with Gasteiger partial charge < -0.3 is 10.2 Å². The summed E-state index contributed by atoms with van der Waals surface area (Å²) in [6, 6.07) is 8.61. The molecule has 2 aliphatic heterocycles. The first-order valence-corrected chi connectivity index (χ1v) is 8.56. The Morgan fingerprint density at radius 2 is 1.86 bits per heavy atom. The Morgan fingerprint density at radius 3 is 2.55 bits per heavy atom. The van der Waals surface area contributed by atoms with E-state index in [0.29, 0.717) is 6.04 Å². The molecule has 2 atom stereocenters. The molecule has 0 radical (unpaired) electrons. The number of carbonyl (C=O) groups excluding carboxylic acids is 1. The van der Waals surface area contributed by atoms with Crippen LogP contribution in [0.25, 0.3) is 0 Å². The predicted octanol–water partition coefficient (Wildman–Crippen LogP) is 2.94. The number of fused-ring (bicyclic) bond motifs is 1. The highest BCUT2D eigenvalue weighted by Gasteiger charge is 2.43. The van der Waals surface area contributed by atoms with E-state index in [1.165, 1.54) is 37.9 Å². The highest BCUT2D eigenvalue weighted by Crippen LogP contribution is 2.39. The van der Waals surface area contributed by atoms with Crippen LogP contribution in [0.1, 0.15) is 24.8 Å². The Balaban J connectivity index is 1.27. The molecule has 4 rings (SSSR count). The smallest absolute Gasteiger partial charge is 0.321 e. The van der Waals surface area contributed by atoms with Crippen molar-refractivity contribution in [2.45, 2.75) is 32.2 Å². The van der Waals surface area contributed by atoms with Gasteiger partial charge >= 0.3 is 6.03 Å². The van der Waals surface area contributed by atoms with Crippen LogP contribution < -0.4 is 5.32 Å². The van der Waals surface area contributed by atoms with E-state index in [4.69, 9.17) is 0 Å². The number of rotatable bonds is 2. The number of hydrogen-bond acceptors (Lipinski definition) is 2. The summed E-state index contributed by atoms with van der Waals surface area (Å²) in [7, 11) is 0. The molecule has 2 saturated heterocycles. The van der Waals surface area contributed by atoms with E-state index in [0.717, 1.165) is 30.6 Å². The molecule has 1 aromatic rings. The second-order valence-corrected chi connectivity index (χ2v) is 7.26. The maximum absolute atomic E-state index is 12.3. The number of nitrogens with zero attached hydrogens (tertiary/aromatic N) is 2. The van der Waals surface area contributed by atoms with E-state index >= 15 is 0 Å². The highest BCUT2D eigenvalue weighted by atomic mass is 16.2. The molecule has 2 unspecified atom stereocenters. The second-order valence-electron chi connectivity index (χ2n) is 7.26. The third-order valence-corrected chi connectivity index (χ3v) is 5.69. The van der Waals surface area contributed by atoms with Gasteiger partial charge in [-0.25, -0.2) is 4.79 Å². The van der Waals surface area contributed by atoms with Crippen molar-refractivity contribution in [3.63, 3.8) is 0 Å². The van der Waals surface area contributed by atoms with Gasteiger partial charge in [0.15, 0.2) is 0 Å². The lowest BCUT2D eigenvalue weighted by Crippen LogP contribution is -2.61. The first kappa shape index (κ1) is 14.1. The zero-order valence-corrected chi connectivity index (χ0v) is 13.3. The van der Waals surface area contributed by atoms with Crippen molar-refractivity contribution in [2.75, 3.05) is 31.5 Å². The van der Waals surface area contributed by atoms with Crippen LogP contribution in [0.5, 0.6) is 0 Å². The summed E-state index contributed by atoms with van der Waals surface area (Å²) in [6.07, 6.45) is 4.27. The Hall–Kier alpha value is -1.55. The molecule has 1 saturated carbocycles. The van der Waals surface area contributed by atoms with Gasteiger partial charge in [-0.15, -0.1) is 0 Å². The first-order chi connectivity index (χ1) is 10.7. The van der Waals surface area contributed by atoms with E-state index in [1.54, 1.807) is 0 Å². The summed E-state index contributed by atoms with van der Waals surface area (Å²) >= 11 is 0. The average Bonchev–Trinajstić information content (AvgIpc) is 2.97. The zero-order chi connectivity index (χ0) is 15.1. The van der Waals surface area contributed by atoms with E-state index in [2.05, 4.69) is 10.2 Å². The predicted molar refractivity (Wildman–Crippen MR) is 88.0 cm³/mol. The van der Waals surface area contributed by atoms with E-state index in [-0.39, 0.29) is 6.03 Å². The summed E-state index contributed by atoms with van der Waals surface area (Å²) in [4.78, 5) is 16.8. The molecule has 3 fully saturated rings. The molecule has 2 amide bonds. The van der Waals surface area contributed by atoms with Crippen molar-refractivity contribution in [3.05, 3.63) is 29.8 Å². The monoisotopic (exact) mass is 299 g/mol. The number of amides is 2. The lowest BCUT2D eigenvalue weighted by Gasteiger charge is -2.44. The highest BCUT2D eigenvalue weighted by molar-refractivity contribution is 5.90. The van der Waals surface area contributed by atoms with Gasteiger partial charge in [0, 0.05) is 37.9 Å². The van der Waals surface area contributed by atoms with Gasteiger partial charge in [0.25, 0.3) is 0 Å². The van der Waals surface area contributed by atoms with Crippen LogP contribution in [-0.2, 0) is 0 Å². The van der Waals surface area contributed by atoms with Crippen LogP contribution in [0.4, 0.5) is 10.5 Å². The molecule has 4 nitrogen and oxygen atoms in total. The summed E-state index contributed by atoms with van der Waals surface area (Å²) in [5.74, 6) is 1.88. The molecule has 0 bridgehead atoms. The minimum absolute atomic E-state index is 0.0428. The molecule has 118 valence electrons. The molecule has 2 heterocycles. The summed E-state index contributed by atoms with van der Waals surface area (Å²) in [5.41, 5.74) is 2.06. The maximum atomic E-state index is 12.3. The number of aryl methyl sites for hydroxylation is 1. The quantitative estimate of drug-likeness (QED) is 0.911. The van der Waals surface area contributed by atoms with Crippen molar-refractivity contribution >= 4 is 11.7 Å². The Kier molecular flexibility index (Phi) is 3.57. The van der Waals surface area contributed by atoms with Crippen LogP contribution >= 0.6 is 0 Å². The van der Waals surface area contributed by atoms with Gasteiger partial charge in [0.1, 0.15) is 0 Å². The Labute approximate surface area is 132 Å². The van der Waals surface area contributed by atoms with Gasteiger partial charge in [0.2, 0.25) is 0 Å². The number of benzene rings is 1. The molecule has 1 aromatic carbocycles. The van der Waals surface area contributed by atoms with E-state index in [1.807, 2.05) is 36.1 Å². The van der Waals surface area contributed by atoms with Gasteiger partial charge in [-0.1, -0.05) is 18.6 Å². The van der Waals surface area contributed by atoms with Gasteiger partial charge in [0.05, 0.1) is 0 Å². The number of nitrogens with one attached hydrogen (secondary N) is 1. The van der Waals surface area contributed by atoms with Crippen LogP contribution in [0, 0.1) is 18.8 Å². The van der Waals surface area contributed by atoms with Crippen LogP contribution in [0.15, 0.2) is 24.3 Å². The first-order valence-electron chi connectivity index (χ1n) is 8.56. The maximum Gasteiger partial charge on any atom is 0.321 e. The summed E-state index contributed by atoms with van der Waals surface area (Å²) < 4.78 is 0. The minimum Gasteiger partial charge on any atom is -0.321 e. The number of anilines is 1. The fourth-order valence-corrected chi connectivity index (χ4v) is 4.35. The topological polar surface area (TPSA) is 35.6 Å². The van der Waals surface area contributed by atoms with Gasteiger partial charge in [-0.2, -0.15) is 0 Å². The molecule has 0 aromatic heterocycles. The number of carbonyl (C=O) groups is 1. The van der Waals surface area contributed by atoms with Crippen LogP contribution in [0.2, 0.25) is 0 Å². The van der Waals surface area contributed by atoms with Crippen LogP contribution in [-0.4, -0.2) is 48.1 Å². The van der Waals surface area contributed by atoms with Gasteiger partial charge in [-0.05, 0) is 49.3 Å². The molecule has 4 heteroatoms. The van der Waals surface area contributed by atoms with Crippen molar-refractivity contribution in [2.24, 2.45) is 11.8 Å².